The number of amides is 1. The number of primary amides is 1. The van der Waals surface area contributed by atoms with E-state index in [9.17, 15) is 9.59 Å². The standard InChI is InChI=1S/C23H32N6O2/c1-16(30)19-15-25-13-14-29(19)22-20(21(24)31)23(11-12-26-22,28(2)18-9-6-10-18)27-17-7-4-3-5-8-17/h3-5,7-8,11-12,18-19,25-27H,6,9-10,13-15H2,1-2H3,(H2,24,31). The molecule has 2 atom stereocenters. The molecule has 1 saturated heterocycles. The molecule has 1 aromatic carbocycles. The number of Topliss-reactive ketones (excluding diaryl/α,β-unsaturated/α-hetero) is 1. The minimum absolute atomic E-state index is 0.0499. The van der Waals surface area contributed by atoms with Crippen molar-refractivity contribution in [1.29, 1.82) is 0 Å². The molecule has 2 heterocycles. The Hall–Kier alpha value is -2.84. The van der Waals surface area contributed by atoms with Crippen LogP contribution in [0.4, 0.5) is 5.69 Å². The Morgan fingerprint density at radius 2 is 2.00 bits per heavy atom. The molecule has 4 rings (SSSR count). The number of nitrogens with one attached hydrogen (secondary N) is 3. The van der Waals surface area contributed by atoms with E-state index in [1.54, 1.807) is 6.92 Å². The Balaban J connectivity index is 1.85. The van der Waals surface area contributed by atoms with Crippen LogP contribution in [0, 0.1) is 0 Å². The van der Waals surface area contributed by atoms with E-state index >= 15 is 0 Å². The summed E-state index contributed by atoms with van der Waals surface area (Å²) >= 11 is 0. The number of ketones is 1. The van der Waals surface area contributed by atoms with Crippen LogP contribution in [0.25, 0.3) is 0 Å². The van der Waals surface area contributed by atoms with Gasteiger partial charge in [0.15, 0.2) is 5.78 Å². The third kappa shape index (κ3) is 3.93. The fraction of sp³-hybridized carbons (Fsp3) is 0.478. The lowest BCUT2D eigenvalue weighted by Crippen LogP contribution is -2.64. The zero-order valence-electron chi connectivity index (χ0n) is 18.2. The highest BCUT2D eigenvalue weighted by molar-refractivity contribution is 5.97. The predicted molar refractivity (Wildman–Crippen MR) is 121 cm³/mol. The van der Waals surface area contributed by atoms with Crippen molar-refractivity contribution in [3.63, 3.8) is 0 Å². The van der Waals surface area contributed by atoms with E-state index in [0.717, 1.165) is 25.1 Å². The number of para-hydroxylation sites is 1. The van der Waals surface area contributed by atoms with Crippen LogP contribution in [0.2, 0.25) is 0 Å². The number of nitrogens with zero attached hydrogens (tertiary/aromatic N) is 2. The van der Waals surface area contributed by atoms with Gasteiger partial charge in [0.05, 0.1) is 0 Å². The van der Waals surface area contributed by atoms with Crippen LogP contribution in [-0.2, 0) is 9.59 Å². The molecule has 2 aliphatic heterocycles. The van der Waals surface area contributed by atoms with Gasteiger partial charge in [-0.2, -0.15) is 0 Å². The summed E-state index contributed by atoms with van der Waals surface area (Å²) < 4.78 is 0. The number of hydrogen-bond donors (Lipinski definition) is 4. The first-order chi connectivity index (χ1) is 14.9. The monoisotopic (exact) mass is 424 g/mol. The third-order valence-electron chi connectivity index (χ3n) is 6.70. The maximum atomic E-state index is 13.0. The predicted octanol–water partition coefficient (Wildman–Crippen LogP) is 0.956. The molecule has 31 heavy (non-hydrogen) atoms. The number of hydrogen-bond acceptors (Lipinski definition) is 7. The molecule has 0 radical (unpaired) electrons. The van der Waals surface area contributed by atoms with Crippen molar-refractivity contribution < 1.29 is 9.59 Å². The van der Waals surface area contributed by atoms with Gasteiger partial charge in [-0.1, -0.05) is 24.6 Å². The lowest BCUT2D eigenvalue weighted by atomic mass is 9.85. The summed E-state index contributed by atoms with van der Waals surface area (Å²) in [7, 11) is 2.04. The summed E-state index contributed by atoms with van der Waals surface area (Å²) in [5.41, 5.74) is 6.44. The topological polar surface area (TPSA) is 103 Å². The quantitative estimate of drug-likeness (QED) is 0.484. The molecular weight excluding hydrogens is 392 g/mol. The van der Waals surface area contributed by atoms with Crippen LogP contribution in [-0.4, -0.2) is 65.9 Å². The molecule has 8 nitrogen and oxygen atoms in total. The Labute approximate surface area is 183 Å². The summed E-state index contributed by atoms with van der Waals surface area (Å²) in [4.78, 5) is 29.6. The number of anilines is 1. The Morgan fingerprint density at radius 1 is 1.26 bits per heavy atom. The smallest absolute Gasteiger partial charge is 0.252 e. The Morgan fingerprint density at radius 3 is 2.61 bits per heavy atom. The SMILES string of the molecule is CC(=O)C1CNCCN1C1=C(C(N)=O)C(Nc2ccccc2)(N(C)C2CCC2)C=CN1. The minimum Gasteiger partial charge on any atom is -0.366 e. The summed E-state index contributed by atoms with van der Waals surface area (Å²) in [6.07, 6.45) is 7.13. The van der Waals surface area contributed by atoms with Gasteiger partial charge >= 0.3 is 0 Å². The van der Waals surface area contributed by atoms with E-state index in [2.05, 4.69) is 20.9 Å². The number of nitrogens with two attached hydrogens (primary N) is 1. The number of piperazine rings is 1. The molecule has 3 aliphatic rings. The fourth-order valence-electron chi connectivity index (χ4n) is 4.73. The van der Waals surface area contributed by atoms with Crippen LogP contribution in [0.3, 0.4) is 0 Å². The van der Waals surface area contributed by atoms with Gasteiger partial charge in [-0.3, -0.25) is 14.5 Å². The third-order valence-corrected chi connectivity index (χ3v) is 6.70. The van der Waals surface area contributed by atoms with Gasteiger partial charge in [-0.25, -0.2) is 0 Å². The molecular formula is C23H32N6O2. The fourth-order valence-corrected chi connectivity index (χ4v) is 4.73. The van der Waals surface area contributed by atoms with Gasteiger partial charge < -0.3 is 26.6 Å². The molecule has 8 heteroatoms. The van der Waals surface area contributed by atoms with Crippen molar-refractivity contribution in [2.75, 3.05) is 32.0 Å². The van der Waals surface area contributed by atoms with Crippen molar-refractivity contribution in [3.05, 3.63) is 54.0 Å². The summed E-state index contributed by atoms with van der Waals surface area (Å²) in [6.45, 7) is 3.45. The van der Waals surface area contributed by atoms with E-state index in [1.807, 2.05) is 54.6 Å². The van der Waals surface area contributed by atoms with Gasteiger partial charge in [-0.05, 0) is 45.0 Å². The second-order valence-electron chi connectivity index (χ2n) is 8.54. The number of likely N-dealkylation sites (N-methyl/N-ethyl adjacent to an activating group) is 1. The minimum atomic E-state index is -0.926. The summed E-state index contributed by atoms with van der Waals surface area (Å²) in [6, 6.07) is 9.81. The second kappa shape index (κ2) is 8.72. The van der Waals surface area contributed by atoms with Crippen LogP contribution in [0.15, 0.2) is 54.0 Å². The molecule has 1 saturated carbocycles. The highest BCUT2D eigenvalue weighted by Crippen LogP contribution is 2.38. The summed E-state index contributed by atoms with van der Waals surface area (Å²) in [5, 5.41) is 10.1. The van der Waals surface area contributed by atoms with Crippen LogP contribution in [0.5, 0.6) is 0 Å². The number of carbonyl (C=O) groups is 2. The van der Waals surface area contributed by atoms with Crippen molar-refractivity contribution in [2.45, 2.75) is 43.9 Å². The number of carbonyl (C=O) groups excluding carboxylic acids is 2. The molecule has 0 bridgehead atoms. The van der Waals surface area contributed by atoms with Crippen LogP contribution >= 0.6 is 0 Å². The van der Waals surface area contributed by atoms with Gasteiger partial charge in [0.25, 0.3) is 5.91 Å². The maximum absolute atomic E-state index is 13.0. The average Bonchev–Trinajstić information content (AvgIpc) is 2.72. The van der Waals surface area contributed by atoms with Crippen LogP contribution < -0.4 is 21.7 Å². The normalized spacial score (nSPS) is 26.4. The molecule has 2 fully saturated rings. The van der Waals surface area contributed by atoms with Crippen molar-refractivity contribution >= 4 is 17.4 Å². The van der Waals surface area contributed by atoms with E-state index in [4.69, 9.17) is 5.73 Å². The lowest BCUT2D eigenvalue weighted by molar-refractivity contribution is -0.122. The molecule has 0 aromatic heterocycles. The van der Waals surface area contributed by atoms with Crippen molar-refractivity contribution in [2.24, 2.45) is 5.73 Å². The molecule has 0 spiro atoms. The maximum Gasteiger partial charge on any atom is 0.252 e. The van der Waals surface area contributed by atoms with E-state index in [1.165, 1.54) is 6.42 Å². The first-order valence-corrected chi connectivity index (χ1v) is 11.0. The van der Waals surface area contributed by atoms with Gasteiger partial charge in [0.1, 0.15) is 23.1 Å². The first-order valence-electron chi connectivity index (χ1n) is 11.0. The van der Waals surface area contributed by atoms with Crippen molar-refractivity contribution in [1.82, 2.24) is 20.4 Å². The number of rotatable bonds is 7. The van der Waals surface area contributed by atoms with Crippen LogP contribution in [0.1, 0.15) is 26.2 Å². The Bertz CT molecular complexity index is 895. The van der Waals surface area contributed by atoms with Gasteiger partial charge in [0, 0.05) is 37.6 Å². The molecule has 166 valence electrons. The number of benzene rings is 1. The van der Waals surface area contributed by atoms with E-state index in [-0.39, 0.29) is 11.8 Å². The molecule has 5 N–H and O–H groups in total. The highest BCUT2D eigenvalue weighted by atomic mass is 16.1. The molecule has 1 aliphatic carbocycles. The first kappa shape index (κ1) is 21.4. The zero-order chi connectivity index (χ0) is 22.0. The number of dihydropyridines is 1. The van der Waals surface area contributed by atoms with E-state index < -0.39 is 11.6 Å². The largest absolute Gasteiger partial charge is 0.366 e. The molecule has 2 unspecified atom stereocenters. The highest BCUT2D eigenvalue weighted by Gasteiger charge is 2.48. The van der Waals surface area contributed by atoms with Gasteiger partial charge in [-0.15, -0.1) is 0 Å². The molecule has 1 amide bonds. The zero-order valence-corrected chi connectivity index (χ0v) is 18.2. The molecule has 1 aromatic rings. The second-order valence-corrected chi connectivity index (χ2v) is 8.54. The van der Waals surface area contributed by atoms with E-state index in [0.29, 0.717) is 30.5 Å². The Kier molecular flexibility index (Phi) is 6.02. The summed E-state index contributed by atoms with van der Waals surface area (Å²) in [5.74, 6) is 0.141. The van der Waals surface area contributed by atoms with Gasteiger partial charge in [0.2, 0.25) is 0 Å². The lowest BCUT2D eigenvalue weighted by Gasteiger charge is -2.51. The average molecular weight is 425 g/mol. The van der Waals surface area contributed by atoms with Crippen molar-refractivity contribution in [3.8, 4) is 0 Å².